The van der Waals surface area contributed by atoms with E-state index >= 15 is 0 Å². The van der Waals surface area contributed by atoms with Crippen LogP contribution in [0.5, 0.6) is 0 Å². The van der Waals surface area contributed by atoms with Crippen molar-refractivity contribution in [2.75, 3.05) is 46.4 Å². The van der Waals surface area contributed by atoms with Gasteiger partial charge in [-0.05, 0) is 18.2 Å². The monoisotopic (exact) mass is 420 g/mol. The highest BCUT2D eigenvalue weighted by Crippen LogP contribution is 2.29. The first-order valence-electron chi connectivity index (χ1n) is 8.71. The van der Waals surface area contributed by atoms with Gasteiger partial charge in [0.1, 0.15) is 18.3 Å². The van der Waals surface area contributed by atoms with Crippen LogP contribution < -0.4 is 20.1 Å². The molecule has 1 saturated heterocycles. The summed E-state index contributed by atoms with van der Waals surface area (Å²) in [6.07, 6.45) is 0.832. The van der Waals surface area contributed by atoms with Crippen LogP contribution in [0.15, 0.2) is 28.7 Å². The lowest BCUT2D eigenvalue weighted by molar-refractivity contribution is -0.105. The van der Waals surface area contributed by atoms with Crippen LogP contribution in [0.1, 0.15) is 0 Å². The molecule has 0 saturated carbocycles. The van der Waals surface area contributed by atoms with Gasteiger partial charge in [-0.3, -0.25) is 9.69 Å². The van der Waals surface area contributed by atoms with Crippen LogP contribution in [-0.4, -0.2) is 61.3 Å². The quantitative estimate of drug-likeness (QED) is 0.681. The smallest absolute Gasteiger partial charge is 0.414 e. The maximum absolute atomic E-state index is 14.7. The molecule has 2 aliphatic heterocycles. The standard InChI is InChI=1S/C17H17FN6O4S/c18-13-5-11(23-6-12(7-25)28-17(23)27)1-2-14(13)22-3-4-24(20-9-22)15-8-29-16(21-15)19-10-26/h1-2,5,8-10,12,25H,3-4,6-7H2,(H,19,21,26)/t12-/m1/s1. The fourth-order valence-electron chi connectivity index (χ4n) is 3.02. The summed E-state index contributed by atoms with van der Waals surface area (Å²) >= 11 is 1.28. The number of rotatable bonds is 6. The van der Waals surface area contributed by atoms with Gasteiger partial charge in [0.2, 0.25) is 6.41 Å². The van der Waals surface area contributed by atoms with E-state index in [-0.39, 0.29) is 13.2 Å². The number of aliphatic hydroxyl groups excluding tert-OH is 1. The molecule has 1 aromatic heterocycles. The molecule has 152 valence electrons. The number of benzene rings is 1. The van der Waals surface area contributed by atoms with E-state index in [1.807, 2.05) is 0 Å². The van der Waals surface area contributed by atoms with Gasteiger partial charge < -0.3 is 20.1 Å². The van der Waals surface area contributed by atoms with Gasteiger partial charge >= 0.3 is 6.09 Å². The van der Waals surface area contributed by atoms with E-state index < -0.39 is 18.0 Å². The molecule has 10 nitrogen and oxygen atoms in total. The van der Waals surface area contributed by atoms with Crippen molar-refractivity contribution in [3.05, 3.63) is 29.4 Å². The highest BCUT2D eigenvalue weighted by atomic mass is 32.1. The van der Waals surface area contributed by atoms with E-state index in [0.29, 0.717) is 41.8 Å². The number of ether oxygens (including phenoxy) is 1. The molecule has 0 bridgehead atoms. The first kappa shape index (κ1) is 19.1. The molecule has 0 radical (unpaired) electrons. The Bertz CT molecular complexity index is 954. The van der Waals surface area contributed by atoms with Gasteiger partial charge in [0.15, 0.2) is 10.9 Å². The maximum Gasteiger partial charge on any atom is 0.414 e. The van der Waals surface area contributed by atoms with Gasteiger partial charge in [0.05, 0.1) is 31.1 Å². The number of aliphatic hydroxyl groups is 1. The van der Waals surface area contributed by atoms with Gasteiger partial charge in [0.25, 0.3) is 0 Å². The van der Waals surface area contributed by atoms with Gasteiger partial charge in [-0.25, -0.2) is 19.2 Å². The number of nitrogens with zero attached hydrogens (tertiary/aromatic N) is 5. The topological polar surface area (TPSA) is 111 Å². The number of halogens is 1. The number of aromatic nitrogens is 1. The van der Waals surface area contributed by atoms with Crippen LogP contribution in [0.25, 0.3) is 0 Å². The molecule has 2 amide bonds. The van der Waals surface area contributed by atoms with E-state index in [4.69, 9.17) is 9.84 Å². The van der Waals surface area contributed by atoms with E-state index in [1.165, 1.54) is 28.6 Å². The summed E-state index contributed by atoms with van der Waals surface area (Å²) in [6, 6.07) is 4.45. The second-order valence-corrected chi connectivity index (χ2v) is 7.11. The Morgan fingerprint density at radius 3 is 2.93 bits per heavy atom. The first-order valence-corrected chi connectivity index (χ1v) is 9.59. The van der Waals surface area contributed by atoms with E-state index in [1.54, 1.807) is 27.4 Å². The molecule has 3 heterocycles. The molecular weight excluding hydrogens is 403 g/mol. The summed E-state index contributed by atoms with van der Waals surface area (Å²) in [5.41, 5.74) is 0.686. The van der Waals surface area contributed by atoms with Crippen molar-refractivity contribution in [2.24, 2.45) is 5.10 Å². The van der Waals surface area contributed by atoms with E-state index in [9.17, 15) is 14.0 Å². The van der Waals surface area contributed by atoms with Crippen LogP contribution in [0.3, 0.4) is 0 Å². The maximum atomic E-state index is 14.7. The van der Waals surface area contributed by atoms with Crippen LogP contribution in [0.2, 0.25) is 0 Å². The fraction of sp³-hybridized carbons (Fsp3) is 0.294. The minimum atomic E-state index is -0.613. The number of amides is 2. The van der Waals surface area contributed by atoms with Crippen molar-refractivity contribution in [1.29, 1.82) is 0 Å². The lowest BCUT2D eigenvalue weighted by atomic mass is 10.2. The number of carbonyl (C=O) groups excluding carboxylic acids is 2. The fourth-order valence-corrected chi connectivity index (χ4v) is 3.68. The third kappa shape index (κ3) is 3.84. The van der Waals surface area contributed by atoms with Crippen molar-refractivity contribution in [3.63, 3.8) is 0 Å². The van der Waals surface area contributed by atoms with E-state index in [2.05, 4.69) is 15.4 Å². The third-order valence-electron chi connectivity index (χ3n) is 4.45. The van der Waals surface area contributed by atoms with Crippen LogP contribution in [0, 0.1) is 5.82 Å². The second-order valence-electron chi connectivity index (χ2n) is 6.26. The molecule has 0 aliphatic carbocycles. The van der Waals surface area contributed by atoms with Gasteiger partial charge in [-0.2, -0.15) is 5.10 Å². The van der Waals surface area contributed by atoms with Crippen molar-refractivity contribution in [3.8, 4) is 0 Å². The molecule has 2 aromatic rings. The molecule has 1 fully saturated rings. The molecule has 0 spiro atoms. The predicted molar refractivity (Wildman–Crippen MR) is 106 cm³/mol. The molecule has 1 aromatic carbocycles. The lowest BCUT2D eigenvalue weighted by Crippen LogP contribution is -2.38. The van der Waals surface area contributed by atoms with Crippen molar-refractivity contribution in [2.45, 2.75) is 6.10 Å². The zero-order valence-corrected chi connectivity index (χ0v) is 15.9. The Labute approximate surface area is 168 Å². The largest absolute Gasteiger partial charge is 0.441 e. The number of nitrogens with one attached hydrogen (secondary N) is 1. The van der Waals surface area contributed by atoms with Crippen molar-refractivity contribution in [1.82, 2.24) is 4.98 Å². The summed E-state index contributed by atoms with van der Waals surface area (Å²) in [7, 11) is 0. The number of hydrogen-bond acceptors (Lipinski definition) is 9. The van der Waals surface area contributed by atoms with Crippen molar-refractivity contribution < 1.29 is 23.8 Å². The zero-order valence-electron chi connectivity index (χ0n) is 15.1. The van der Waals surface area contributed by atoms with Gasteiger partial charge in [-0.1, -0.05) is 0 Å². The number of hydrogen-bond donors (Lipinski definition) is 2. The third-order valence-corrected chi connectivity index (χ3v) is 5.21. The number of carbonyl (C=O) groups is 2. The zero-order chi connectivity index (χ0) is 20.4. The molecule has 4 rings (SSSR count). The Kier molecular flexibility index (Phi) is 5.27. The van der Waals surface area contributed by atoms with Crippen LogP contribution >= 0.6 is 11.3 Å². The Balaban J connectivity index is 1.46. The second kappa shape index (κ2) is 8.01. The first-order chi connectivity index (χ1) is 14.1. The summed E-state index contributed by atoms with van der Waals surface area (Å²) < 4.78 is 19.7. The predicted octanol–water partition coefficient (Wildman–Crippen LogP) is 1.44. The summed E-state index contributed by atoms with van der Waals surface area (Å²) in [6.45, 7) is 0.822. The van der Waals surface area contributed by atoms with Crippen molar-refractivity contribution >= 4 is 52.5 Å². The number of cyclic esters (lactones) is 1. The Hall–Kier alpha value is -3.25. The van der Waals surface area contributed by atoms with Crippen LogP contribution in [-0.2, 0) is 9.53 Å². The minimum Gasteiger partial charge on any atom is -0.441 e. The highest BCUT2D eigenvalue weighted by Gasteiger charge is 2.32. The molecule has 2 aliphatic rings. The molecular formula is C17H17FN6O4S. The molecule has 0 unspecified atom stereocenters. The van der Waals surface area contributed by atoms with Gasteiger partial charge in [0, 0.05) is 11.9 Å². The average Bonchev–Trinajstić information content (AvgIpc) is 3.35. The molecule has 2 N–H and O–H groups in total. The van der Waals surface area contributed by atoms with Gasteiger partial charge in [-0.15, -0.1) is 11.3 Å². The highest BCUT2D eigenvalue weighted by molar-refractivity contribution is 7.14. The average molecular weight is 420 g/mol. The number of hydrazone groups is 1. The Morgan fingerprint density at radius 1 is 1.41 bits per heavy atom. The SMILES string of the molecule is O=CNc1nc(N2CCN(c3ccc(N4C[C@H](CO)OC4=O)cc3F)C=N2)cs1. The molecule has 1 atom stereocenters. The Morgan fingerprint density at radius 2 is 2.28 bits per heavy atom. The van der Waals surface area contributed by atoms with E-state index in [0.717, 1.165) is 0 Å². The minimum absolute atomic E-state index is 0.169. The molecule has 12 heteroatoms. The molecule has 29 heavy (non-hydrogen) atoms. The van der Waals surface area contributed by atoms with Crippen LogP contribution in [0.4, 0.5) is 31.5 Å². The summed E-state index contributed by atoms with van der Waals surface area (Å²) in [5.74, 6) is 0.0887. The number of anilines is 4. The lowest BCUT2D eigenvalue weighted by Gasteiger charge is -2.29. The summed E-state index contributed by atoms with van der Waals surface area (Å²) in [5, 5.41) is 19.8. The number of thiazole rings is 1. The normalized spacial score (nSPS) is 18.9. The summed E-state index contributed by atoms with van der Waals surface area (Å²) in [4.78, 5) is 29.5.